The van der Waals surface area contributed by atoms with E-state index in [0.29, 0.717) is 40.5 Å². The number of benzene rings is 2. The summed E-state index contributed by atoms with van der Waals surface area (Å²) in [6.07, 6.45) is -0.432. The van der Waals surface area contributed by atoms with Crippen molar-refractivity contribution in [3.8, 4) is 23.0 Å². The minimum Gasteiger partial charge on any atom is -0.485 e. The molecule has 1 unspecified atom stereocenters. The lowest BCUT2D eigenvalue weighted by atomic mass is 10.2. The van der Waals surface area contributed by atoms with Crippen LogP contribution in [-0.2, 0) is 0 Å². The van der Waals surface area contributed by atoms with Gasteiger partial charge >= 0.3 is 0 Å². The standard InChI is InChI=1S/C16H11ClN2O3/c17-11-6-2-1-5-10(11)15-18-19-16(22-15)14-9-20-12-7-3-4-8-13(12)21-14/h1-8,14H,9H2. The van der Waals surface area contributed by atoms with Crippen molar-refractivity contribution in [3.63, 3.8) is 0 Å². The smallest absolute Gasteiger partial charge is 0.260 e. The van der Waals surface area contributed by atoms with E-state index in [0.717, 1.165) is 0 Å². The highest BCUT2D eigenvalue weighted by atomic mass is 35.5. The van der Waals surface area contributed by atoms with Gasteiger partial charge in [0.15, 0.2) is 11.5 Å². The van der Waals surface area contributed by atoms with Crippen LogP contribution in [0.2, 0.25) is 5.02 Å². The van der Waals surface area contributed by atoms with E-state index < -0.39 is 6.10 Å². The number of hydrogen-bond acceptors (Lipinski definition) is 5. The normalized spacial score (nSPS) is 16.5. The molecule has 0 aliphatic carbocycles. The number of fused-ring (bicyclic) bond motifs is 1. The molecule has 1 aliphatic rings. The van der Waals surface area contributed by atoms with Gasteiger partial charge in [0.05, 0.1) is 10.6 Å². The molecule has 1 aromatic heterocycles. The van der Waals surface area contributed by atoms with E-state index in [9.17, 15) is 0 Å². The minimum absolute atomic E-state index is 0.321. The molecule has 2 heterocycles. The van der Waals surface area contributed by atoms with Crippen LogP contribution in [0, 0.1) is 0 Å². The monoisotopic (exact) mass is 314 g/mol. The Bertz CT molecular complexity index is 818. The molecule has 0 saturated carbocycles. The molecule has 4 rings (SSSR count). The Morgan fingerprint density at radius 1 is 0.955 bits per heavy atom. The Morgan fingerprint density at radius 3 is 2.59 bits per heavy atom. The highest BCUT2D eigenvalue weighted by molar-refractivity contribution is 6.33. The van der Waals surface area contributed by atoms with Gasteiger partial charge in [-0.15, -0.1) is 10.2 Å². The van der Waals surface area contributed by atoms with Gasteiger partial charge in [-0.25, -0.2) is 0 Å². The van der Waals surface area contributed by atoms with Crippen LogP contribution in [0.15, 0.2) is 52.9 Å². The highest BCUT2D eigenvalue weighted by Crippen LogP contribution is 2.36. The van der Waals surface area contributed by atoms with Crippen molar-refractivity contribution in [2.45, 2.75) is 6.10 Å². The third kappa shape index (κ3) is 2.29. The summed E-state index contributed by atoms with van der Waals surface area (Å²) >= 11 is 6.14. The van der Waals surface area contributed by atoms with Gasteiger partial charge in [0.2, 0.25) is 12.0 Å². The number of halogens is 1. The van der Waals surface area contributed by atoms with Crippen molar-refractivity contribution in [3.05, 3.63) is 59.4 Å². The van der Waals surface area contributed by atoms with E-state index >= 15 is 0 Å². The van der Waals surface area contributed by atoms with E-state index in [1.165, 1.54) is 0 Å². The van der Waals surface area contributed by atoms with E-state index in [1.54, 1.807) is 6.07 Å². The zero-order valence-electron chi connectivity index (χ0n) is 11.4. The van der Waals surface area contributed by atoms with Crippen LogP contribution in [-0.4, -0.2) is 16.8 Å². The molecule has 0 amide bonds. The maximum Gasteiger partial charge on any atom is 0.260 e. The fraction of sp³-hybridized carbons (Fsp3) is 0.125. The molecule has 0 N–H and O–H groups in total. The lowest BCUT2D eigenvalue weighted by molar-refractivity contribution is 0.0716. The molecule has 5 nitrogen and oxygen atoms in total. The van der Waals surface area contributed by atoms with Crippen LogP contribution in [0.1, 0.15) is 12.0 Å². The quantitative estimate of drug-likeness (QED) is 0.718. The molecule has 22 heavy (non-hydrogen) atoms. The number of aromatic nitrogens is 2. The number of nitrogens with zero attached hydrogens (tertiary/aromatic N) is 2. The van der Waals surface area contributed by atoms with E-state index in [-0.39, 0.29) is 0 Å². The maximum absolute atomic E-state index is 6.14. The molecule has 0 spiro atoms. The van der Waals surface area contributed by atoms with Crippen LogP contribution in [0.4, 0.5) is 0 Å². The molecule has 6 heteroatoms. The Kier molecular flexibility index (Phi) is 3.20. The molecule has 0 radical (unpaired) electrons. The molecule has 2 aromatic carbocycles. The zero-order valence-corrected chi connectivity index (χ0v) is 12.2. The minimum atomic E-state index is -0.432. The second-order valence-electron chi connectivity index (χ2n) is 4.79. The topological polar surface area (TPSA) is 57.4 Å². The van der Waals surface area contributed by atoms with Crippen LogP contribution in [0.5, 0.6) is 11.5 Å². The Labute approximate surface area is 131 Å². The summed E-state index contributed by atoms with van der Waals surface area (Å²) in [5.41, 5.74) is 0.694. The molecule has 0 fully saturated rings. The van der Waals surface area contributed by atoms with Crippen LogP contribution >= 0.6 is 11.6 Å². The Morgan fingerprint density at radius 2 is 1.73 bits per heavy atom. The third-order valence-corrected chi connectivity index (χ3v) is 3.66. The average Bonchev–Trinajstić information content (AvgIpc) is 3.04. The van der Waals surface area contributed by atoms with Gasteiger partial charge in [-0.2, -0.15) is 0 Å². The summed E-state index contributed by atoms with van der Waals surface area (Å²) in [4.78, 5) is 0. The van der Waals surface area contributed by atoms with Gasteiger partial charge in [-0.1, -0.05) is 35.9 Å². The fourth-order valence-corrected chi connectivity index (χ4v) is 2.47. The maximum atomic E-state index is 6.14. The molecule has 0 saturated heterocycles. The highest BCUT2D eigenvalue weighted by Gasteiger charge is 2.27. The number of hydrogen-bond donors (Lipinski definition) is 0. The third-order valence-electron chi connectivity index (χ3n) is 3.33. The molecule has 110 valence electrons. The second kappa shape index (κ2) is 5.35. The number of ether oxygens (including phenoxy) is 2. The summed E-state index contributed by atoms with van der Waals surface area (Å²) in [7, 11) is 0. The molecule has 3 aromatic rings. The first kappa shape index (κ1) is 13.2. The predicted octanol–water partition coefficient (Wildman–Crippen LogP) is 3.90. The van der Waals surface area contributed by atoms with Gasteiger partial charge < -0.3 is 13.9 Å². The molecular formula is C16H11ClN2O3. The van der Waals surface area contributed by atoms with Crippen LogP contribution < -0.4 is 9.47 Å². The van der Waals surface area contributed by atoms with Crippen molar-refractivity contribution in [1.29, 1.82) is 0 Å². The van der Waals surface area contributed by atoms with Crippen molar-refractivity contribution in [2.24, 2.45) is 0 Å². The Hall–Kier alpha value is -2.53. The van der Waals surface area contributed by atoms with Gasteiger partial charge in [-0.05, 0) is 24.3 Å². The first-order valence-corrected chi connectivity index (χ1v) is 7.16. The van der Waals surface area contributed by atoms with Gasteiger partial charge in [-0.3, -0.25) is 0 Å². The van der Waals surface area contributed by atoms with Gasteiger partial charge in [0.25, 0.3) is 5.89 Å². The molecule has 0 bridgehead atoms. The van der Waals surface area contributed by atoms with Crippen LogP contribution in [0.3, 0.4) is 0 Å². The Balaban J connectivity index is 1.62. The first-order chi connectivity index (χ1) is 10.8. The van der Waals surface area contributed by atoms with Crippen molar-refractivity contribution in [2.75, 3.05) is 6.61 Å². The second-order valence-corrected chi connectivity index (χ2v) is 5.20. The van der Waals surface area contributed by atoms with Crippen molar-refractivity contribution in [1.82, 2.24) is 10.2 Å². The largest absolute Gasteiger partial charge is 0.485 e. The van der Waals surface area contributed by atoms with Crippen molar-refractivity contribution >= 4 is 11.6 Å². The summed E-state index contributed by atoms with van der Waals surface area (Å²) in [5, 5.41) is 8.65. The molecular weight excluding hydrogens is 304 g/mol. The summed E-state index contributed by atoms with van der Waals surface area (Å²) in [6, 6.07) is 14.8. The molecule has 1 atom stereocenters. The van der Waals surface area contributed by atoms with Crippen molar-refractivity contribution < 1.29 is 13.9 Å². The summed E-state index contributed by atoms with van der Waals surface area (Å²) in [6.45, 7) is 0.321. The van der Waals surface area contributed by atoms with E-state index in [1.807, 2.05) is 42.5 Å². The fourth-order valence-electron chi connectivity index (χ4n) is 2.25. The summed E-state index contributed by atoms with van der Waals surface area (Å²) < 4.78 is 17.2. The lowest BCUT2D eigenvalue weighted by Gasteiger charge is -2.23. The van der Waals surface area contributed by atoms with Gasteiger partial charge in [0, 0.05) is 0 Å². The molecule has 1 aliphatic heterocycles. The first-order valence-electron chi connectivity index (χ1n) is 6.78. The van der Waals surface area contributed by atoms with E-state index in [4.69, 9.17) is 25.5 Å². The van der Waals surface area contributed by atoms with Crippen LogP contribution in [0.25, 0.3) is 11.5 Å². The number of para-hydroxylation sites is 2. The van der Waals surface area contributed by atoms with E-state index in [2.05, 4.69) is 10.2 Å². The number of rotatable bonds is 2. The average molecular weight is 315 g/mol. The lowest BCUT2D eigenvalue weighted by Crippen LogP contribution is -2.21. The predicted molar refractivity (Wildman–Crippen MR) is 80.1 cm³/mol. The van der Waals surface area contributed by atoms with Gasteiger partial charge in [0.1, 0.15) is 6.61 Å². The zero-order chi connectivity index (χ0) is 14.9. The SMILES string of the molecule is Clc1ccccc1-c1nnc(C2COc3ccccc3O2)o1. The summed E-state index contributed by atoms with van der Waals surface area (Å²) in [5.74, 6) is 2.10.